The van der Waals surface area contributed by atoms with Crippen LogP contribution < -0.4 is 4.90 Å². The lowest BCUT2D eigenvalue weighted by molar-refractivity contribution is -0.866. The molecule has 1 saturated heterocycles. The SMILES string of the molecule is [CH2-][NH+]1CCO[C@H](C)C1. The quantitative estimate of drug-likeness (QED) is 0.403. The van der Waals surface area contributed by atoms with Crippen LogP contribution in [0, 0.1) is 7.05 Å². The average molecular weight is 115 g/mol. The van der Waals surface area contributed by atoms with Gasteiger partial charge in [-0.25, -0.2) is 0 Å². The second-order valence-electron chi connectivity index (χ2n) is 2.39. The molecule has 0 aliphatic carbocycles. The topological polar surface area (TPSA) is 13.7 Å². The molecule has 0 aromatic carbocycles. The van der Waals surface area contributed by atoms with Gasteiger partial charge in [0.2, 0.25) is 0 Å². The maximum absolute atomic E-state index is 5.29. The number of rotatable bonds is 0. The van der Waals surface area contributed by atoms with E-state index in [2.05, 4.69) is 14.0 Å². The Hall–Kier alpha value is -0.0800. The number of morpholine rings is 1. The minimum absolute atomic E-state index is 0.413. The van der Waals surface area contributed by atoms with Gasteiger partial charge in [0.05, 0.1) is 19.7 Å². The first-order valence-electron chi connectivity index (χ1n) is 3.07. The molecule has 0 saturated carbocycles. The fourth-order valence-electron chi connectivity index (χ4n) is 0.972. The summed E-state index contributed by atoms with van der Waals surface area (Å²) in [6.45, 7) is 5.08. The molecule has 0 aromatic heterocycles. The Bertz CT molecular complexity index is 66.9. The molecule has 1 heterocycles. The zero-order chi connectivity index (χ0) is 5.98. The second kappa shape index (κ2) is 2.46. The van der Waals surface area contributed by atoms with Crippen LogP contribution in [0.3, 0.4) is 0 Å². The number of ether oxygens (including phenoxy) is 1. The highest BCUT2D eigenvalue weighted by molar-refractivity contribution is 4.49. The van der Waals surface area contributed by atoms with Crippen LogP contribution in [0.15, 0.2) is 0 Å². The van der Waals surface area contributed by atoms with Gasteiger partial charge in [0.15, 0.2) is 0 Å². The van der Waals surface area contributed by atoms with E-state index in [4.69, 9.17) is 4.74 Å². The van der Waals surface area contributed by atoms with E-state index in [1.807, 2.05) is 0 Å². The fraction of sp³-hybridized carbons (Fsp3) is 0.833. The van der Waals surface area contributed by atoms with Gasteiger partial charge >= 0.3 is 0 Å². The summed E-state index contributed by atoms with van der Waals surface area (Å²) < 4.78 is 5.29. The van der Waals surface area contributed by atoms with E-state index in [0.717, 1.165) is 19.7 Å². The lowest BCUT2D eigenvalue weighted by Gasteiger charge is -2.29. The zero-order valence-electron chi connectivity index (χ0n) is 5.31. The number of quaternary nitrogens is 1. The standard InChI is InChI=1S/C6H13NO/c1-6-5-7(2)3-4-8-6/h6-7H,2-5H2,1H3/t6-/m1/s1. The number of hydrogen-bond acceptors (Lipinski definition) is 1. The monoisotopic (exact) mass is 115 g/mol. The second-order valence-corrected chi connectivity index (χ2v) is 2.39. The van der Waals surface area contributed by atoms with Gasteiger partial charge in [-0.05, 0) is 6.92 Å². The van der Waals surface area contributed by atoms with Crippen LogP contribution >= 0.6 is 0 Å². The molecule has 2 atom stereocenters. The highest BCUT2D eigenvalue weighted by Crippen LogP contribution is 1.87. The number of hydrogen-bond donors (Lipinski definition) is 1. The molecule has 1 aliphatic rings. The molecule has 1 fully saturated rings. The molecule has 0 amide bonds. The molecule has 1 rings (SSSR count). The summed E-state index contributed by atoms with van der Waals surface area (Å²) in [6, 6.07) is 0. The third-order valence-electron chi connectivity index (χ3n) is 1.43. The summed E-state index contributed by atoms with van der Waals surface area (Å²) in [4.78, 5) is 1.34. The molecule has 0 aromatic rings. The molecular weight excluding hydrogens is 102 g/mol. The Balaban J connectivity index is 2.23. The van der Waals surface area contributed by atoms with Crippen LogP contribution in [0.25, 0.3) is 0 Å². The van der Waals surface area contributed by atoms with Crippen molar-refractivity contribution in [3.8, 4) is 0 Å². The lowest BCUT2D eigenvalue weighted by atomic mass is 10.3. The van der Waals surface area contributed by atoms with Crippen molar-refractivity contribution in [2.24, 2.45) is 0 Å². The van der Waals surface area contributed by atoms with E-state index in [9.17, 15) is 0 Å². The lowest BCUT2D eigenvalue weighted by Crippen LogP contribution is -3.09. The van der Waals surface area contributed by atoms with E-state index in [1.54, 1.807) is 0 Å². The Kier molecular flexibility index (Phi) is 1.86. The molecule has 0 spiro atoms. The van der Waals surface area contributed by atoms with E-state index in [0.29, 0.717) is 6.10 Å². The summed E-state index contributed by atoms with van der Waals surface area (Å²) in [5, 5.41) is 0. The van der Waals surface area contributed by atoms with Gasteiger partial charge in [-0.3, -0.25) is 0 Å². The molecule has 48 valence electrons. The summed E-state index contributed by atoms with van der Waals surface area (Å²) in [5.74, 6) is 0. The maximum Gasteiger partial charge on any atom is 0.102 e. The Labute approximate surface area is 50.4 Å². The normalized spacial score (nSPS) is 39.8. The Morgan fingerprint density at radius 1 is 1.75 bits per heavy atom. The fourth-order valence-corrected chi connectivity index (χ4v) is 0.972. The molecule has 2 nitrogen and oxygen atoms in total. The van der Waals surface area contributed by atoms with Crippen molar-refractivity contribution in [2.75, 3.05) is 19.7 Å². The third-order valence-corrected chi connectivity index (χ3v) is 1.43. The van der Waals surface area contributed by atoms with E-state index in [1.165, 1.54) is 4.90 Å². The minimum Gasteiger partial charge on any atom is -0.464 e. The molecule has 2 heteroatoms. The van der Waals surface area contributed by atoms with Crippen molar-refractivity contribution in [1.29, 1.82) is 0 Å². The van der Waals surface area contributed by atoms with Crippen molar-refractivity contribution in [3.05, 3.63) is 7.05 Å². The Morgan fingerprint density at radius 3 is 2.88 bits per heavy atom. The predicted molar refractivity (Wildman–Crippen MR) is 31.5 cm³/mol. The van der Waals surface area contributed by atoms with E-state index < -0.39 is 0 Å². The molecule has 8 heavy (non-hydrogen) atoms. The van der Waals surface area contributed by atoms with Crippen molar-refractivity contribution in [2.45, 2.75) is 13.0 Å². The minimum atomic E-state index is 0.413. The van der Waals surface area contributed by atoms with Gasteiger partial charge in [-0.15, -0.1) is 0 Å². The summed E-state index contributed by atoms with van der Waals surface area (Å²) in [6.07, 6.45) is 0.413. The Morgan fingerprint density at radius 2 is 2.50 bits per heavy atom. The van der Waals surface area contributed by atoms with Gasteiger partial charge in [0, 0.05) is 0 Å². The van der Waals surface area contributed by atoms with E-state index >= 15 is 0 Å². The van der Waals surface area contributed by atoms with Gasteiger partial charge in [0.25, 0.3) is 0 Å². The predicted octanol–water partition coefficient (Wildman–Crippen LogP) is -0.918. The molecule has 0 bridgehead atoms. The van der Waals surface area contributed by atoms with Crippen molar-refractivity contribution in [3.63, 3.8) is 0 Å². The highest BCUT2D eigenvalue weighted by atomic mass is 16.5. The number of nitrogens with one attached hydrogen (secondary N) is 1. The van der Waals surface area contributed by atoms with Crippen LogP contribution in [0.1, 0.15) is 6.92 Å². The molecule has 1 aliphatic heterocycles. The van der Waals surface area contributed by atoms with E-state index in [-0.39, 0.29) is 0 Å². The van der Waals surface area contributed by atoms with Crippen molar-refractivity contribution < 1.29 is 9.64 Å². The van der Waals surface area contributed by atoms with Gasteiger partial charge in [-0.2, -0.15) is 7.05 Å². The highest BCUT2D eigenvalue weighted by Gasteiger charge is 2.11. The van der Waals surface area contributed by atoms with Gasteiger partial charge in [0.1, 0.15) is 6.10 Å². The van der Waals surface area contributed by atoms with Gasteiger partial charge < -0.3 is 9.64 Å². The third kappa shape index (κ3) is 1.46. The molecular formula is C6H13NO. The zero-order valence-corrected chi connectivity index (χ0v) is 5.31. The molecule has 1 unspecified atom stereocenters. The van der Waals surface area contributed by atoms with Crippen LogP contribution in [-0.4, -0.2) is 25.8 Å². The van der Waals surface area contributed by atoms with Crippen LogP contribution in [-0.2, 0) is 4.74 Å². The van der Waals surface area contributed by atoms with Gasteiger partial charge in [-0.1, -0.05) is 0 Å². The van der Waals surface area contributed by atoms with Crippen LogP contribution in [0.2, 0.25) is 0 Å². The first-order chi connectivity index (χ1) is 3.79. The summed E-state index contributed by atoms with van der Waals surface area (Å²) >= 11 is 0. The van der Waals surface area contributed by atoms with Crippen molar-refractivity contribution in [1.82, 2.24) is 0 Å². The largest absolute Gasteiger partial charge is 0.464 e. The van der Waals surface area contributed by atoms with Crippen LogP contribution in [0.4, 0.5) is 0 Å². The molecule has 0 radical (unpaired) electrons. The first-order valence-corrected chi connectivity index (χ1v) is 3.07. The average Bonchev–Trinajstić information content (AvgIpc) is 1.64. The van der Waals surface area contributed by atoms with Crippen LogP contribution in [0.5, 0.6) is 0 Å². The first kappa shape index (κ1) is 6.05. The smallest absolute Gasteiger partial charge is 0.102 e. The summed E-state index contributed by atoms with van der Waals surface area (Å²) in [5.41, 5.74) is 0. The molecule has 1 N–H and O–H groups in total. The maximum atomic E-state index is 5.29. The summed E-state index contributed by atoms with van der Waals surface area (Å²) in [7, 11) is 3.88. The van der Waals surface area contributed by atoms with Crippen molar-refractivity contribution >= 4 is 0 Å².